The fourth-order valence-electron chi connectivity index (χ4n) is 3.85. The minimum atomic E-state index is -0.308. The highest BCUT2D eigenvalue weighted by Gasteiger charge is 2.17. The van der Waals surface area contributed by atoms with Crippen LogP contribution in [-0.4, -0.2) is 34.1 Å². The van der Waals surface area contributed by atoms with Gasteiger partial charge in [0.05, 0.1) is 18.7 Å². The Labute approximate surface area is 210 Å². The van der Waals surface area contributed by atoms with Crippen molar-refractivity contribution in [2.75, 3.05) is 13.2 Å². The molecule has 0 radical (unpaired) electrons. The Bertz CT molecular complexity index is 1130. The molecule has 2 aromatic heterocycles. The highest BCUT2D eigenvalue weighted by Crippen LogP contribution is 2.18. The van der Waals surface area contributed by atoms with Crippen molar-refractivity contribution in [3.8, 4) is 0 Å². The zero-order valence-electron chi connectivity index (χ0n) is 19.6. The number of hydrogen-bond acceptors (Lipinski definition) is 6. The van der Waals surface area contributed by atoms with Gasteiger partial charge in [0.1, 0.15) is 0 Å². The van der Waals surface area contributed by atoms with Crippen molar-refractivity contribution < 1.29 is 9.53 Å². The van der Waals surface area contributed by atoms with E-state index in [9.17, 15) is 4.79 Å². The Hall–Kier alpha value is -3.55. The molecule has 4 rings (SSSR count). The number of ether oxygens (including phenoxy) is 1. The summed E-state index contributed by atoms with van der Waals surface area (Å²) in [6.07, 6.45) is 6.73. The molecule has 2 heterocycles. The Morgan fingerprint density at radius 1 is 0.914 bits per heavy atom. The minimum absolute atomic E-state index is 0.164. The topological polar surface area (TPSA) is 67.3 Å². The van der Waals surface area contributed by atoms with Gasteiger partial charge in [-0.15, -0.1) is 11.3 Å². The van der Waals surface area contributed by atoms with Crippen molar-refractivity contribution >= 4 is 17.4 Å². The molecular weight excluding hydrogens is 456 g/mol. The van der Waals surface area contributed by atoms with Crippen molar-refractivity contribution in [3.63, 3.8) is 0 Å². The maximum atomic E-state index is 12.9. The summed E-state index contributed by atoms with van der Waals surface area (Å²) in [4.78, 5) is 23.9. The highest BCUT2D eigenvalue weighted by atomic mass is 32.1. The highest BCUT2D eigenvalue weighted by molar-refractivity contribution is 7.09. The number of nitrogens with zero attached hydrogens (tertiary/aromatic N) is 3. The van der Waals surface area contributed by atoms with Crippen LogP contribution in [0.2, 0.25) is 0 Å². The Morgan fingerprint density at radius 3 is 2.31 bits per heavy atom. The number of amides is 1. The smallest absolute Gasteiger partial charge is 0.410 e. The molecule has 1 unspecified atom stereocenters. The van der Waals surface area contributed by atoms with Crippen molar-refractivity contribution in [3.05, 3.63) is 118 Å². The zero-order chi connectivity index (χ0) is 24.1. The molecule has 0 aliphatic carbocycles. The number of pyridine rings is 1. The fraction of sp³-hybridized carbons (Fsp3) is 0.250. The van der Waals surface area contributed by atoms with Gasteiger partial charge in [0.2, 0.25) is 0 Å². The average Bonchev–Trinajstić information content (AvgIpc) is 3.42. The molecule has 0 saturated carbocycles. The van der Waals surface area contributed by atoms with E-state index in [2.05, 4.69) is 39.6 Å². The molecule has 0 fully saturated rings. The standard InChI is InChI=1S/C28H30N4O2S/c33-28(32(21-26-19-30-22-35-26)20-24-10-5-2-6-11-24)34-17-7-14-31-27(25-12-15-29-16-13-25)18-23-8-3-1-4-9-23/h1-6,8-13,15-16,19,22,27,31H,7,14,17-18,20-21H2. The minimum Gasteiger partial charge on any atom is -0.449 e. The molecule has 4 aromatic rings. The van der Waals surface area contributed by atoms with Crippen LogP contribution in [0.3, 0.4) is 0 Å². The first-order chi connectivity index (χ1) is 17.3. The van der Waals surface area contributed by atoms with Crippen LogP contribution in [0.5, 0.6) is 0 Å². The Kier molecular flexibility index (Phi) is 9.38. The molecule has 0 saturated heterocycles. The van der Waals surface area contributed by atoms with E-state index in [0.717, 1.165) is 29.8 Å². The number of benzene rings is 2. The molecule has 1 atom stereocenters. The first-order valence-corrected chi connectivity index (χ1v) is 12.7. The number of carbonyl (C=O) groups is 1. The van der Waals surface area contributed by atoms with Gasteiger partial charge in [0.25, 0.3) is 0 Å². The van der Waals surface area contributed by atoms with Crippen LogP contribution >= 0.6 is 11.3 Å². The predicted molar refractivity (Wildman–Crippen MR) is 139 cm³/mol. The number of thiazole rings is 1. The van der Waals surface area contributed by atoms with E-state index in [0.29, 0.717) is 19.7 Å². The molecule has 0 bridgehead atoms. The van der Waals surface area contributed by atoms with Crippen LogP contribution in [0.25, 0.3) is 0 Å². The van der Waals surface area contributed by atoms with E-state index in [1.807, 2.05) is 60.9 Å². The average molecular weight is 487 g/mol. The van der Waals surface area contributed by atoms with Crippen LogP contribution in [0.4, 0.5) is 4.79 Å². The molecule has 1 amide bonds. The van der Waals surface area contributed by atoms with Crippen molar-refractivity contribution in [1.82, 2.24) is 20.2 Å². The molecule has 7 heteroatoms. The number of rotatable bonds is 12. The maximum Gasteiger partial charge on any atom is 0.410 e. The van der Waals surface area contributed by atoms with E-state index in [-0.39, 0.29) is 12.1 Å². The van der Waals surface area contributed by atoms with Gasteiger partial charge in [0.15, 0.2) is 0 Å². The molecule has 35 heavy (non-hydrogen) atoms. The summed E-state index contributed by atoms with van der Waals surface area (Å²) in [5.41, 5.74) is 5.31. The van der Waals surface area contributed by atoms with Crippen LogP contribution in [-0.2, 0) is 24.2 Å². The van der Waals surface area contributed by atoms with Crippen molar-refractivity contribution in [2.24, 2.45) is 0 Å². The van der Waals surface area contributed by atoms with Gasteiger partial charge in [-0.25, -0.2) is 4.79 Å². The molecule has 2 aromatic carbocycles. The summed E-state index contributed by atoms with van der Waals surface area (Å²) in [7, 11) is 0. The second kappa shape index (κ2) is 13.4. The van der Waals surface area contributed by atoms with Crippen LogP contribution in [0, 0.1) is 0 Å². The molecule has 0 spiro atoms. The zero-order valence-corrected chi connectivity index (χ0v) is 20.4. The second-order valence-corrected chi connectivity index (χ2v) is 9.23. The van der Waals surface area contributed by atoms with Crippen molar-refractivity contribution in [1.29, 1.82) is 0 Å². The summed E-state index contributed by atoms with van der Waals surface area (Å²) in [6.45, 7) is 2.07. The molecule has 0 aliphatic rings. The molecule has 0 aliphatic heterocycles. The maximum absolute atomic E-state index is 12.9. The second-order valence-electron chi connectivity index (χ2n) is 8.25. The third-order valence-electron chi connectivity index (χ3n) is 5.63. The summed E-state index contributed by atoms with van der Waals surface area (Å²) >= 11 is 1.54. The van der Waals surface area contributed by atoms with E-state index < -0.39 is 0 Å². The lowest BCUT2D eigenvalue weighted by Crippen LogP contribution is -2.31. The van der Waals surface area contributed by atoms with Crippen LogP contribution in [0.15, 0.2) is 96.9 Å². The SMILES string of the molecule is O=C(OCCCNC(Cc1ccccc1)c1ccncc1)N(Cc1ccccc1)Cc1cncs1. The number of carbonyl (C=O) groups excluding carboxylic acids is 1. The third-order valence-corrected chi connectivity index (χ3v) is 6.40. The summed E-state index contributed by atoms with van der Waals surface area (Å²) in [5, 5.41) is 3.62. The van der Waals surface area contributed by atoms with Gasteiger partial charge in [0, 0.05) is 36.1 Å². The summed E-state index contributed by atoms with van der Waals surface area (Å²) < 4.78 is 5.65. The number of hydrogen-bond donors (Lipinski definition) is 1. The monoisotopic (exact) mass is 486 g/mol. The van der Waals surface area contributed by atoms with Crippen LogP contribution < -0.4 is 5.32 Å². The van der Waals surface area contributed by atoms with E-state index >= 15 is 0 Å². The normalized spacial score (nSPS) is 11.7. The number of aromatic nitrogens is 2. The summed E-state index contributed by atoms with van der Waals surface area (Å²) in [5.74, 6) is 0. The molecule has 1 N–H and O–H groups in total. The van der Waals surface area contributed by atoms with E-state index in [4.69, 9.17) is 4.74 Å². The third kappa shape index (κ3) is 8.02. The van der Waals surface area contributed by atoms with Crippen molar-refractivity contribution in [2.45, 2.75) is 32.0 Å². The Morgan fingerprint density at radius 2 is 1.63 bits per heavy atom. The van der Waals surface area contributed by atoms with Gasteiger partial charge in [-0.05, 0) is 48.2 Å². The number of nitrogens with one attached hydrogen (secondary N) is 1. The largest absolute Gasteiger partial charge is 0.449 e. The molecule has 180 valence electrons. The van der Waals surface area contributed by atoms with E-state index in [1.54, 1.807) is 16.6 Å². The molecule has 6 nitrogen and oxygen atoms in total. The lowest BCUT2D eigenvalue weighted by molar-refractivity contribution is 0.0961. The van der Waals surface area contributed by atoms with Crippen LogP contribution in [0.1, 0.15) is 34.0 Å². The first kappa shape index (κ1) is 24.6. The quantitative estimate of drug-likeness (QED) is 0.263. The Balaban J connectivity index is 1.28. The fourth-order valence-corrected chi connectivity index (χ4v) is 4.46. The summed E-state index contributed by atoms with van der Waals surface area (Å²) in [6, 6.07) is 24.6. The predicted octanol–water partition coefficient (Wildman–Crippen LogP) is 5.64. The van der Waals surface area contributed by atoms with Gasteiger partial charge >= 0.3 is 6.09 Å². The lowest BCUT2D eigenvalue weighted by atomic mass is 9.99. The first-order valence-electron chi connectivity index (χ1n) is 11.8. The van der Waals surface area contributed by atoms with Gasteiger partial charge in [-0.1, -0.05) is 60.7 Å². The lowest BCUT2D eigenvalue weighted by Gasteiger charge is -2.22. The van der Waals surface area contributed by atoms with Gasteiger partial charge in [-0.2, -0.15) is 0 Å². The molecular formula is C28H30N4O2S. The van der Waals surface area contributed by atoms with E-state index in [1.165, 1.54) is 22.5 Å². The van der Waals surface area contributed by atoms with Gasteiger partial charge < -0.3 is 10.1 Å². The van der Waals surface area contributed by atoms with Gasteiger partial charge in [-0.3, -0.25) is 14.9 Å².